The summed E-state index contributed by atoms with van der Waals surface area (Å²) in [7, 11) is 0. The Hall–Kier alpha value is -4.64. The van der Waals surface area contributed by atoms with E-state index in [2.05, 4.69) is 20.6 Å². The minimum Gasteiger partial charge on any atom is -0.480 e. The van der Waals surface area contributed by atoms with Crippen LogP contribution in [0, 0.1) is 5.92 Å². The zero-order chi connectivity index (χ0) is 30.7. The number of nitrogens with zero attached hydrogens (tertiary/aromatic N) is 1. The number of carboxylic acids is 1. The van der Waals surface area contributed by atoms with Crippen molar-refractivity contribution in [3.05, 3.63) is 72.1 Å². The van der Waals surface area contributed by atoms with Gasteiger partial charge in [-0.05, 0) is 48.4 Å². The van der Waals surface area contributed by atoms with Crippen molar-refractivity contribution in [2.75, 3.05) is 6.54 Å². The van der Waals surface area contributed by atoms with Crippen LogP contribution in [0.3, 0.4) is 0 Å². The van der Waals surface area contributed by atoms with Crippen molar-refractivity contribution < 1.29 is 24.3 Å². The van der Waals surface area contributed by atoms with Crippen LogP contribution < -0.4 is 16.4 Å². The number of carboxylic acid groups (broad SMARTS) is 1. The number of likely N-dealkylation sites (tertiary alicyclic amines) is 1. The lowest BCUT2D eigenvalue weighted by molar-refractivity contribution is -0.145. The summed E-state index contributed by atoms with van der Waals surface area (Å²) >= 11 is 0. The first-order valence-electron chi connectivity index (χ1n) is 14.6. The second-order valence-corrected chi connectivity index (χ2v) is 11.6. The highest BCUT2D eigenvalue weighted by Crippen LogP contribution is 2.24. The molecule has 5 rings (SSSR count). The molecule has 1 saturated heterocycles. The van der Waals surface area contributed by atoms with E-state index in [0.29, 0.717) is 19.4 Å². The van der Waals surface area contributed by atoms with Crippen molar-refractivity contribution in [1.29, 1.82) is 0 Å². The summed E-state index contributed by atoms with van der Waals surface area (Å²) in [6.07, 6.45) is 5.08. The number of nitrogens with one attached hydrogen (secondary N) is 4. The third-order valence-electron chi connectivity index (χ3n) is 8.23. The highest BCUT2D eigenvalue weighted by Gasteiger charge is 2.39. The predicted octanol–water partition coefficient (Wildman–Crippen LogP) is 2.46. The molecule has 11 heteroatoms. The van der Waals surface area contributed by atoms with Crippen molar-refractivity contribution in [2.24, 2.45) is 11.7 Å². The van der Waals surface area contributed by atoms with Crippen LogP contribution in [0.25, 0.3) is 21.8 Å². The van der Waals surface area contributed by atoms with Gasteiger partial charge in [-0.15, -0.1) is 0 Å². The molecule has 4 atom stereocenters. The van der Waals surface area contributed by atoms with Gasteiger partial charge in [-0.1, -0.05) is 50.2 Å². The number of amides is 3. The maximum atomic E-state index is 14.1. The van der Waals surface area contributed by atoms with Crippen LogP contribution >= 0.6 is 0 Å². The fraction of sp³-hybridized carbons (Fsp3) is 0.375. The van der Waals surface area contributed by atoms with Crippen LogP contribution in [-0.4, -0.2) is 74.4 Å². The first-order valence-corrected chi connectivity index (χ1v) is 14.6. The SMILES string of the molecule is CC(C)C(NC(=O)C1CCCN1C(=O)C(Cc1c[nH]c2ccccc12)NC(=O)C(N)Cc1c[nH]c2ccccc12)C(=O)O. The van der Waals surface area contributed by atoms with E-state index in [-0.39, 0.29) is 18.8 Å². The van der Waals surface area contributed by atoms with Gasteiger partial charge in [-0.2, -0.15) is 0 Å². The molecule has 0 spiro atoms. The van der Waals surface area contributed by atoms with E-state index in [4.69, 9.17) is 5.73 Å². The lowest BCUT2D eigenvalue weighted by atomic mass is 10.0. The number of H-pyrrole nitrogens is 2. The van der Waals surface area contributed by atoms with E-state index in [1.807, 2.05) is 60.9 Å². The van der Waals surface area contributed by atoms with Gasteiger partial charge in [0, 0.05) is 47.2 Å². The number of nitrogens with two attached hydrogens (primary N) is 1. The van der Waals surface area contributed by atoms with Gasteiger partial charge >= 0.3 is 5.97 Å². The summed E-state index contributed by atoms with van der Waals surface area (Å²) in [4.78, 5) is 60.3. The van der Waals surface area contributed by atoms with Crippen molar-refractivity contribution in [3.63, 3.8) is 0 Å². The monoisotopic (exact) mass is 586 g/mol. The molecule has 0 radical (unpaired) electrons. The van der Waals surface area contributed by atoms with Gasteiger partial charge in [0.1, 0.15) is 18.1 Å². The van der Waals surface area contributed by atoms with Gasteiger partial charge in [0.25, 0.3) is 0 Å². The molecule has 1 aliphatic heterocycles. The average molecular weight is 587 g/mol. The van der Waals surface area contributed by atoms with Gasteiger partial charge in [0.05, 0.1) is 6.04 Å². The Balaban J connectivity index is 1.37. The molecule has 3 amide bonds. The van der Waals surface area contributed by atoms with Crippen molar-refractivity contribution >= 4 is 45.5 Å². The maximum Gasteiger partial charge on any atom is 0.326 e. The van der Waals surface area contributed by atoms with Crippen LogP contribution in [0.4, 0.5) is 0 Å². The van der Waals surface area contributed by atoms with E-state index in [9.17, 15) is 24.3 Å². The molecule has 0 saturated carbocycles. The molecular weight excluding hydrogens is 548 g/mol. The number of rotatable bonds is 11. The fourth-order valence-corrected chi connectivity index (χ4v) is 5.90. The number of aromatic amines is 2. The Morgan fingerprint density at radius 1 is 0.930 bits per heavy atom. The van der Waals surface area contributed by atoms with Crippen molar-refractivity contribution in [3.8, 4) is 0 Å². The first-order chi connectivity index (χ1) is 20.6. The molecule has 7 N–H and O–H groups in total. The quantitative estimate of drug-likeness (QED) is 0.157. The lowest BCUT2D eigenvalue weighted by Gasteiger charge is -2.30. The molecule has 1 fully saturated rings. The molecule has 11 nitrogen and oxygen atoms in total. The summed E-state index contributed by atoms with van der Waals surface area (Å²) in [5, 5.41) is 17.0. The summed E-state index contributed by atoms with van der Waals surface area (Å²) in [5.41, 5.74) is 9.95. The number of para-hydroxylation sites is 2. The minimum absolute atomic E-state index is 0.184. The standard InChI is InChI=1S/C32H38N6O5/c1-18(2)28(32(42)43)37-30(40)27-12-7-13-38(27)31(41)26(15-20-17-35-25-11-6-4-9-22(20)25)36-29(39)23(33)14-19-16-34-24-10-5-3-8-21(19)24/h3-6,8-11,16-18,23,26-28,34-35H,7,12-15,33H2,1-2H3,(H,36,39)(H,37,40)(H,42,43). The molecule has 4 aromatic rings. The van der Waals surface area contributed by atoms with E-state index < -0.39 is 47.9 Å². The molecule has 0 aliphatic carbocycles. The minimum atomic E-state index is -1.13. The number of hydrogen-bond acceptors (Lipinski definition) is 5. The fourth-order valence-electron chi connectivity index (χ4n) is 5.90. The molecular formula is C32H38N6O5. The smallest absolute Gasteiger partial charge is 0.326 e. The molecule has 2 aromatic heterocycles. The van der Waals surface area contributed by atoms with Crippen LogP contribution in [0.2, 0.25) is 0 Å². The summed E-state index contributed by atoms with van der Waals surface area (Å²) in [6, 6.07) is 11.6. The average Bonchev–Trinajstić information content (AvgIpc) is 3.74. The Morgan fingerprint density at radius 3 is 2.09 bits per heavy atom. The lowest BCUT2D eigenvalue weighted by Crippen LogP contribution is -2.58. The second-order valence-electron chi connectivity index (χ2n) is 11.6. The van der Waals surface area contributed by atoms with E-state index >= 15 is 0 Å². The zero-order valence-corrected chi connectivity index (χ0v) is 24.3. The Labute approximate surface area is 249 Å². The molecule has 43 heavy (non-hydrogen) atoms. The van der Waals surface area contributed by atoms with Crippen LogP contribution in [0.1, 0.15) is 37.8 Å². The third kappa shape index (κ3) is 6.41. The molecule has 226 valence electrons. The molecule has 0 bridgehead atoms. The van der Waals surface area contributed by atoms with Gasteiger partial charge in [-0.3, -0.25) is 14.4 Å². The topological polar surface area (TPSA) is 173 Å². The van der Waals surface area contributed by atoms with Gasteiger partial charge < -0.3 is 36.3 Å². The number of carbonyl (C=O) groups is 4. The normalized spacial score (nSPS) is 17.2. The number of carbonyl (C=O) groups excluding carboxylic acids is 3. The van der Waals surface area contributed by atoms with Crippen LogP contribution in [0.15, 0.2) is 60.9 Å². The molecule has 1 aliphatic rings. The van der Waals surface area contributed by atoms with Gasteiger partial charge in [-0.25, -0.2) is 4.79 Å². The Bertz CT molecular complexity index is 1640. The third-order valence-corrected chi connectivity index (χ3v) is 8.23. The zero-order valence-electron chi connectivity index (χ0n) is 24.3. The number of fused-ring (bicyclic) bond motifs is 2. The largest absolute Gasteiger partial charge is 0.480 e. The van der Waals surface area contributed by atoms with E-state index in [1.165, 1.54) is 4.90 Å². The van der Waals surface area contributed by atoms with E-state index in [0.717, 1.165) is 32.9 Å². The van der Waals surface area contributed by atoms with E-state index in [1.54, 1.807) is 13.8 Å². The van der Waals surface area contributed by atoms with Crippen molar-refractivity contribution in [1.82, 2.24) is 25.5 Å². The molecule has 3 heterocycles. The number of aromatic nitrogens is 2. The number of benzene rings is 2. The number of aliphatic carboxylic acids is 1. The number of hydrogen-bond donors (Lipinski definition) is 6. The summed E-state index contributed by atoms with van der Waals surface area (Å²) < 4.78 is 0. The maximum absolute atomic E-state index is 14.1. The first kappa shape index (κ1) is 29.8. The predicted molar refractivity (Wildman–Crippen MR) is 163 cm³/mol. The van der Waals surface area contributed by atoms with Gasteiger partial charge in [0.15, 0.2) is 0 Å². The highest BCUT2D eigenvalue weighted by molar-refractivity contribution is 5.95. The summed E-state index contributed by atoms with van der Waals surface area (Å²) in [6.45, 7) is 3.74. The Morgan fingerprint density at radius 2 is 1.51 bits per heavy atom. The second kappa shape index (κ2) is 12.7. The highest BCUT2D eigenvalue weighted by atomic mass is 16.4. The Kier molecular flexibility index (Phi) is 8.81. The van der Waals surface area contributed by atoms with Crippen molar-refractivity contribution in [2.45, 2.75) is 63.7 Å². The van der Waals surface area contributed by atoms with Crippen LogP contribution in [0.5, 0.6) is 0 Å². The molecule has 4 unspecified atom stereocenters. The molecule has 2 aromatic carbocycles. The summed E-state index contributed by atoms with van der Waals surface area (Å²) in [5.74, 6) is -2.87. The van der Waals surface area contributed by atoms with Crippen LogP contribution in [-0.2, 0) is 32.0 Å². The van der Waals surface area contributed by atoms with Gasteiger partial charge in [0.2, 0.25) is 17.7 Å².